The largest absolute Gasteiger partial charge is 0.366 e. The van der Waals surface area contributed by atoms with Crippen LogP contribution in [0.15, 0.2) is 26.9 Å². The van der Waals surface area contributed by atoms with E-state index in [1.165, 1.54) is 36.1 Å². The molecule has 2 heterocycles. The molecule has 0 spiro atoms. The summed E-state index contributed by atoms with van der Waals surface area (Å²) in [6.45, 7) is 5.68. The van der Waals surface area contributed by atoms with Gasteiger partial charge in [-0.1, -0.05) is 41.8 Å². The molecule has 1 aromatic heterocycles. The fourth-order valence-corrected chi connectivity index (χ4v) is 5.65. The highest BCUT2D eigenvalue weighted by Crippen LogP contribution is 2.29. The SMILES string of the molecule is CCSc1nnc(SCC(=O)N2CCN(c3ccc(C(C)=O)cc3F)CC2)s1. The quantitative estimate of drug-likeness (QED) is 0.483. The third-order valence-electron chi connectivity index (χ3n) is 4.30. The zero-order valence-electron chi connectivity index (χ0n) is 15.7. The van der Waals surface area contributed by atoms with Gasteiger partial charge in [0.05, 0.1) is 11.4 Å². The Bertz CT molecular complexity index is 853. The normalized spacial score (nSPS) is 14.4. The third kappa shape index (κ3) is 5.24. The predicted molar refractivity (Wildman–Crippen MR) is 112 cm³/mol. The molecule has 3 rings (SSSR count). The fraction of sp³-hybridized carbons (Fsp3) is 0.444. The van der Waals surface area contributed by atoms with Gasteiger partial charge < -0.3 is 9.80 Å². The summed E-state index contributed by atoms with van der Waals surface area (Å²) in [6.07, 6.45) is 0. The van der Waals surface area contributed by atoms with Gasteiger partial charge in [0, 0.05) is 31.7 Å². The molecule has 0 unspecified atom stereocenters. The van der Waals surface area contributed by atoms with Gasteiger partial charge in [0.1, 0.15) is 5.82 Å². The molecule has 1 fully saturated rings. The molecule has 1 aliphatic rings. The molecular formula is C18H21FN4O2S3. The summed E-state index contributed by atoms with van der Waals surface area (Å²) in [5, 5.41) is 8.19. The Morgan fingerprint density at radius 2 is 1.82 bits per heavy atom. The molecule has 6 nitrogen and oxygen atoms in total. The summed E-state index contributed by atoms with van der Waals surface area (Å²) in [4.78, 5) is 27.5. The molecule has 1 saturated heterocycles. The second-order valence-electron chi connectivity index (χ2n) is 6.15. The van der Waals surface area contributed by atoms with Crippen LogP contribution < -0.4 is 4.90 Å². The maximum Gasteiger partial charge on any atom is 0.233 e. The number of Topliss-reactive ketones (excluding diaryl/α,β-unsaturated/α-hetero) is 1. The van der Waals surface area contributed by atoms with Crippen LogP contribution in [-0.4, -0.2) is 64.5 Å². The average Bonchev–Trinajstić information content (AvgIpc) is 3.14. The Hall–Kier alpha value is -1.65. The number of nitrogens with zero attached hydrogens (tertiary/aromatic N) is 4. The first-order valence-corrected chi connectivity index (χ1v) is 11.7. The van der Waals surface area contributed by atoms with Crippen LogP contribution in [0.2, 0.25) is 0 Å². The van der Waals surface area contributed by atoms with Gasteiger partial charge in [0.2, 0.25) is 5.91 Å². The van der Waals surface area contributed by atoms with E-state index >= 15 is 0 Å². The van der Waals surface area contributed by atoms with Crippen LogP contribution >= 0.6 is 34.9 Å². The Kier molecular flexibility index (Phi) is 7.30. The van der Waals surface area contributed by atoms with E-state index in [9.17, 15) is 14.0 Å². The fourth-order valence-electron chi connectivity index (χ4n) is 2.83. The summed E-state index contributed by atoms with van der Waals surface area (Å²) in [6, 6.07) is 4.56. The van der Waals surface area contributed by atoms with Crippen LogP contribution in [0.3, 0.4) is 0 Å². The lowest BCUT2D eigenvalue weighted by molar-refractivity contribution is -0.128. The Morgan fingerprint density at radius 3 is 2.43 bits per heavy atom. The molecule has 0 N–H and O–H groups in total. The summed E-state index contributed by atoms with van der Waals surface area (Å²) in [5.41, 5.74) is 0.838. The first-order chi connectivity index (χ1) is 13.5. The van der Waals surface area contributed by atoms with E-state index in [-0.39, 0.29) is 11.7 Å². The molecule has 28 heavy (non-hydrogen) atoms. The molecule has 0 radical (unpaired) electrons. The summed E-state index contributed by atoms with van der Waals surface area (Å²) >= 11 is 4.56. The smallest absolute Gasteiger partial charge is 0.233 e. The molecule has 1 amide bonds. The van der Waals surface area contributed by atoms with Crippen LogP contribution in [0.1, 0.15) is 24.2 Å². The van der Waals surface area contributed by atoms with Gasteiger partial charge in [-0.2, -0.15) is 0 Å². The molecule has 0 atom stereocenters. The number of carbonyl (C=O) groups is 2. The molecule has 0 aliphatic carbocycles. The van der Waals surface area contributed by atoms with Gasteiger partial charge in [-0.15, -0.1) is 10.2 Å². The lowest BCUT2D eigenvalue weighted by Gasteiger charge is -2.36. The summed E-state index contributed by atoms with van der Waals surface area (Å²) in [7, 11) is 0. The highest BCUT2D eigenvalue weighted by atomic mass is 32.2. The highest BCUT2D eigenvalue weighted by Gasteiger charge is 2.23. The Labute approximate surface area is 175 Å². The van der Waals surface area contributed by atoms with E-state index in [4.69, 9.17) is 0 Å². The van der Waals surface area contributed by atoms with Gasteiger partial charge in [0.15, 0.2) is 14.5 Å². The molecule has 10 heteroatoms. The van der Waals surface area contributed by atoms with Gasteiger partial charge in [-0.3, -0.25) is 9.59 Å². The third-order valence-corrected chi connectivity index (χ3v) is 7.36. The standard InChI is InChI=1S/C18H21FN4O2S3/c1-3-26-17-20-21-18(28-17)27-11-16(25)23-8-6-22(7-9-23)15-5-4-13(12(2)24)10-14(15)19/h4-5,10H,3,6-9,11H2,1-2H3. The number of benzene rings is 1. The van der Waals surface area contributed by atoms with Crippen molar-refractivity contribution < 1.29 is 14.0 Å². The van der Waals surface area contributed by atoms with E-state index < -0.39 is 5.82 Å². The number of thioether (sulfide) groups is 2. The number of piperazine rings is 1. The predicted octanol–water partition coefficient (Wildman–Crippen LogP) is 3.43. The van der Waals surface area contributed by atoms with Crippen molar-refractivity contribution in [2.75, 3.05) is 42.6 Å². The number of ketones is 1. The number of halogens is 1. The Balaban J connectivity index is 1.50. The summed E-state index contributed by atoms with van der Waals surface area (Å²) in [5.74, 6) is 0.763. The second-order valence-corrected chi connectivity index (χ2v) is 9.86. The van der Waals surface area contributed by atoms with Gasteiger partial charge >= 0.3 is 0 Å². The van der Waals surface area contributed by atoms with E-state index in [1.54, 1.807) is 28.8 Å². The highest BCUT2D eigenvalue weighted by molar-refractivity contribution is 8.03. The Morgan fingerprint density at radius 1 is 1.14 bits per heavy atom. The van der Waals surface area contributed by atoms with Crippen molar-refractivity contribution in [3.63, 3.8) is 0 Å². The zero-order chi connectivity index (χ0) is 20.1. The maximum absolute atomic E-state index is 14.3. The van der Waals surface area contributed by atoms with Crippen LogP contribution in [0.5, 0.6) is 0 Å². The maximum atomic E-state index is 14.3. The number of anilines is 1. The molecular weight excluding hydrogens is 419 g/mol. The van der Waals surface area contributed by atoms with Crippen molar-refractivity contribution in [1.82, 2.24) is 15.1 Å². The van der Waals surface area contributed by atoms with E-state index in [1.807, 2.05) is 4.90 Å². The van der Waals surface area contributed by atoms with E-state index in [0.29, 0.717) is 43.2 Å². The average molecular weight is 441 g/mol. The first-order valence-electron chi connectivity index (χ1n) is 8.90. The molecule has 0 bridgehead atoms. The lowest BCUT2D eigenvalue weighted by atomic mass is 10.1. The minimum absolute atomic E-state index is 0.0527. The van der Waals surface area contributed by atoms with Crippen molar-refractivity contribution in [2.45, 2.75) is 22.5 Å². The lowest BCUT2D eigenvalue weighted by Crippen LogP contribution is -2.49. The van der Waals surface area contributed by atoms with Crippen LogP contribution in [0.4, 0.5) is 10.1 Å². The van der Waals surface area contributed by atoms with Crippen molar-refractivity contribution in [1.29, 1.82) is 0 Å². The second kappa shape index (κ2) is 9.71. The zero-order valence-corrected chi connectivity index (χ0v) is 18.1. The molecule has 150 valence electrons. The van der Waals surface area contributed by atoms with Gasteiger partial charge in [-0.25, -0.2) is 4.39 Å². The van der Waals surface area contributed by atoms with E-state index in [2.05, 4.69) is 17.1 Å². The minimum atomic E-state index is -0.403. The monoisotopic (exact) mass is 440 g/mol. The van der Waals surface area contributed by atoms with Crippen LogP contribution in [-0.2, 0) is 4.79 Å². The number of amides is 1. The number of carbonyl (C=O) groups excluding carboxylic acids is 2. The first kappa shape index (κ1) is 21.1. The van der Waals surface area contributed by atoms with Crippen molar-refractivity contribution in [3.8, 4) is 0 Å². The molecule has 1 aromatic carbocycles. The molecule has 1 aliphatic heterocycles. The number of rotatable bonds is 7. The van der Waals surface area contributed by atoms with Crippen molar-refractivity contribution >= 4 is 52.2 Å². The van der Waals surface area contributed by atoms with Crippen molar-refractivity contribution in [3.05, 3.63) is 29.6 Å². The summed E-state index contributed by atoms with van der Waals surface area (Å²) < 4.78 is 16.0. The van der Waals surface area contributed by atoms with Gasteiger partial charge in [-0.05, 0) is 30.9 Å². The topological polar surface area (TPSA) is 66.4 Å². The number of hydrogen-bond donors (Lipinski definition) is 0. The van der Waals surface area contributed by atoms with Crippen LogP contribution in [0, 0.1) is 5.82 Å². The van der Waals surface area contributed by atoms with Crippen LogP contribution in [0.25, 0.3) is 0 Å². The molecule has 0 saturated carbocycles. The minimum Gasteiger partial charge on any atom is -0.366 e. The van der Waals surface area contributed by atoms with Crippen molar-refractivity contribution in [2.24, 2.45) is 0 Å². The number of hydrogen-bond acceptors (Lipinski definition) is 8. The van der Waals surface area contributed by atoms with Gasteiger partial charge in [0.25, 0.3) is 0 Å². The number of aromatic nitrogens is 2. The molecule has 2 aromatic rings. The van der Waals surface area contributed by atoms with E-state index in [0.717, 1.165) is 14.4 Å².